The quantitative estimate of drug-likeness (QED) is 0.299. The van der Waals surface area contributed by atoms with Gasteiger partial charge in [0.15, 0.2) is 0 Å². The summed E-state index contributed by atoms with van der Waals surface area (Å²) in [6, 6.07) is 22.3. The minimum Gasteiger partial charge on any atom is -0.328 e. The Balaban J connectivity index is 1.71. The van der Waals surface area contributed by atoms with Gasteiger partial charge in [-0.15, -0.1) is 17.9 Å². The van der Waals surface area contributed by atoms with E-state index in [0.29, 0.717) is 29.2 Å². The van der Waals surface area contributed by atoms with E-state index in [-0.39, 0.29) is 23.4 Å². The Morgan fingerprint density at radius 3 is 2.29 bits per heavy atom. The Hall–Kier alpha value is -3.49. The molecule has 34 heavy (non-hydrogen) atoms. The van der Waals surface area contributed by atoms with Crippen molar-refractivity contribution in [1.29, 1.82) is 0 Å². The third-order valence-corrected chi connectivity index (χ3v) is 7.74. The largest absolute Gasteiger partial charge is 0.328 e. The van der Waals surface area contributed by atoms with E-state index in [1.54, 1.807) is 39.9 Å². The fourth-order valence-electron chi connectivity index (χ4n) is 3.69. The predicted octanol–water partition coefficient (Wildman–Crippen LogP) is 4.80. The molecule has 174 valence electrons. The van der Waals surface area contributed by atoms with Crippen LogP contribution in [0.4, 0.5) is 0 Å². The van der Waals surface area contributed by atoms with Crippen LogP contribution >= 0.6 is 11.3 Å². The number of benzene rings is 2. The maximum Gasteiger partial charge on any atom is 0.264 e. The predicted molar refractivity (Wildman–Crippen MR) is 134 cm³/mol. The van der Waals surface area contributed by atoms with Crippen LogP contribution in [0, 0.1) is 0 Å². The summed E-state index contributed by atoms with van der Waals surface area (Å²) < 4.78 is 28.5. The molecule has 2 aromatic heterocycles. The van der Waals surface area contributed by atoms with Gasteiger partial charge in [0.2, 0.25) is 15.0 Å². The summed E-state index contributed by atoms with van der Waals surface area (Å²) in [4.78, 5) is 19.6. The van der Waals surface area contributed by atoms with Gasteiger partial charge in [-0.1, -0.05) is 72.8 Å². The summed E-state index contributed by atoms with van der Waals surface area (Å²) in [5.74, 6) is -0.278. The molecule has 0 saturated carbocycles. The zero-order valence-electron chi connectivity index (χ0n) is 18.6. The Bertz CT molecular complexity index is 1350. The summed E-state index contributed by atoms with van der Waals surface area (Å²) in [5.41, 5.74) is 2.28. The molecule has 0 spiro atoms. The first-order chi connectivity index (χ1) is 16.5. The van der Waals surface area contributed by atoms with Gasteiger partial charge in [-0.05, 0) is 22.6 Å². The van der Waals surface area contributed by atoms with Crippen LogP contribution < -0.4 is 0 Å². The SMILES string of the molecule is C=CCN(Cc1cnc(S(=O)(=O)Cc2ccccc2)n1Cc1ccccc1)C(=O)c1cccs1. The van der Waals surface area contributed by atoms with E-state index in [2.05, 4.69) is 11.6 Å². The van der Waals surface area contributed by atoms with Crippen LogP contribution in [0.1, 0.15) is 26.5 Å². The molecule has 6 nitrogen and oxygen atoms in total. The van der Waals surface area contributed by atoms with Crippen LogP contribution in [0.15, 0.2) is 102 Å². The summed E-state index contributed by atoms with van der Waals surface area (Å²) in [7, 11) is -3.72. The Morgan fingerprint density at radius 2 is 1.68 bits per heavy atom. The molecule has 0 fully saturated rings. The molecule has 0 saturated heterocycles. The topological polar surface area (TPSA) is 72.3 Å². The van der Waals surface area contributed by atoms with Crippen LogP contribution in [-0.4, -0.2) is 35.3 Å². The highest BCUT2D eigenvalue weighted by atomic mass is 32.2. The number of rotatable bonds is 10. The number of nitrogens with zero attached hydrogens (tertiary/aromatic N) is 3. The molecular weight excluding hydrogens is 466 g/mol. The van der Waals surface area contributed by atoms with Gasteiger partial charge >= 0.3 is 0 Å². The second-order valence-corrected chi connectivity index (χ2v) is 10.6. The van der Waals surface area contributed by atoms with Gasteiger partial charge in [-0.2, -0.15) is 0 Å². The van der Waals surface area contributed by atoms with Gasteiger partial charge in [-0.25, -0.2) is 13.4 Å². The molecule has 0 aliphatic rings. The van der Waals surface area contributed by atoms with E-state index in [0.717, 1.165) is 5.56 Å². The van der Waals surface area contributed by atoms with Crippen molar-refractivity contribution in [2.24, 2.45) is 0 Å². The highest BCUT2D eigenvalue weighted by Crippen LogP contribution is 2.22. The third-order valence-electron chi connectivity index (χ3n) is 5.28. The van der Waals surface area contributed by atoms with Gasteiger partial charge in [0, 0.05) is 6.54 Å². The molecule has 2 aromatic carbocycles. The fraction of sp³-hybridized carbons (Fsp3) is 0.154. The van der Waals surface area contributed by atoms with E-state index in [1.165, 1.54) is 11.3 Å². The zero-order valence-corrected chi connectivity index (χ0v) is 20.2. The van der Waals surface area contributed by atoms with Gasteiger partial charge in [0.1, 0.15) is 0 Å². The van der Waals surface area contributed by atoms with Crippen molar-refractivity contribution >= 4 is 27.1 Å². The average molecular weight is 492 g/mol. The molecule has 0 atom stereocenters. The number of carbonyl (C=O) groups is 1. The molecule has 4 rings (SSSR count). The lowest BCUT2D eigenvalue weighted by molar-refractivity contribution is 0.0764. The number of amides is 1. The van der Waals surface area contributed by atoms with Crippen molar-refractivity contribution in [3.63, 3.8) is 0 Å². The molecule has 0 unspecified atom stereocenters. The van der Waals surface area contributed by atoms with Crippen molar-refractivity contribution in [2.45, 2.75) is 24.0 Å². The van der Waals surface area contributed by atoms with Crippen molar-refractivity contribution in [1.82, 2.24) is 14.5 Å². The number of hydrogen-bond donors (Lipinski definition) is 0. The normalized spacial score (nSPS) is 11.3. The molecule has 0 bridgehead atoms. The minimum absolute atomic E-state index is 0.00247. The van der Waals surface area contributed by atoms with Crippen LogP contribution in [0.25, 0.3) is 0 Å². The fourth-order valence-corrected chi connectivity index (χ4v) is 5.87. The Labute approximate surface area is 203 Å². The Kier molecular flexibility index (Phi) is 7.40. The number of carbonyl (C=O) groups excluding carboxylic acids is 1. The number of sulfone groups is 1. The average Bonchev–Trinajstić information content (AvgIpc) is 3.51. The molecule has 0 N–H and O–H groups in total. The number of thiophene rings is 1. The van der Waals surface area contributed by atoms with Gasteiger partial charge < -0.3 is 9.47 Å². The van der Waals surface area contributed by atoms with Gasteiger partial charge in [0.25, 0.3) is 5.91 Å². The van der Waals surface area contributed by atoms with Crippen LogP contribution in [-0.2, 0) is 28.7 Å². The molecule has 2 heterocycles. The first-order valence-corrected chi connectivity index (χ1v) is 13.3. The molecule has 1 amide bonds. The van der Waals surface area contributed by atoms with E-state index in [4.69, 9.17) is 0 Å². The maximum atomic E-state index is 13.4. The molecule has 0 radical (unpaired) electrons. The van der Waals surface area contributed by atoms with Crippen molar-refractivity contribution in [3.8, 4) is 0 Å². The lowest BCUT2D eigenvalue weighted by atomic mass is 10.2. The van der Waals surface area contributed by atoms with Gasteiger partial charge in [-0.3, -0.25) is 4.79 Å². The highest BCUT2D eigenvalue weighted by Gasteiger charge is 2.26. The molecular formula is C26H25N3O3S2. The van der Waals surface area contributed by atoms with Crippen molar-refractivity contribution < 1.29 is 13.2 Å². The molecule has 0 aliphatic carbocycles. The van der Waals surface area contributed by atoms with Crippen LogP contribution in [0.3, 0.4) is 0 Å². The number of imidazole rings is 1. The Morgan fingerprint density at radius 1 is 1.00 bits per heavy atom. The van der Waals surface area contributed by atoms with E-state index >= 15 is 0 Å². The standard InChI is InChI=1S/C26H25N3O3S2/c1-2-15-28(25(30)24-14-9-16-33-24)19-23-17-27-26(29(23)18-21-10-5-3-6-11-21)34(31,32)20-22-12-7-4-8-13-22/h2-14,16-17H,1,15,18-20H2. The molecule has 0 aliphatic heterocycles. The summed E-state index contributed by atoms with van der Waals surface area (Å²) in [6.45, 7) is 4.65. The second-order valence-electron chi connectivity index (χ2n) is 7.80. The second kappa shape index (κ2) is 10.6. The zero-order chi connectivity index (χ0) is 24.0. The highest BCUT2D eigenvalue weighted by molar-refractivity contribution is 7.90. The van der Waals surface area contributed by atoms with Crippen LogP contribution in [0.5, 0.6) is 0 Å². The molecule has 8 heteroatoms. The summed E-state index contributed by atoms with van der Waals surface area (Å²) in [6.07, 6.45) is 3.22. The van der Waals surface area contributed by atoms with Crippen molar-refractivity contribution in [2.75, 3.05) is 6.54 Å². The maximum absolute atomic E-state index is 13.4. The monoisotopic (exact) mass is 491 g/mol. The van der Waals surface area contributed by atoms with E-state index < -0.39 is 9.84 Å². The first kappa shape index (κ1) is 23.7. The first-order valence-electron chi connectivity index (χ1n) is 10.8. The summed E-state index contributed by atoms with van der Waals surface area (Å²) in [5, 5.41) is 1.85. The summed E-state index contributed by atoms with van der Waals surface area (Å²) >= 11 is 1.37. The smallest absolute Gasteiger partial charge is 0.264 e. The third kappa shape index (κ3) is 5.52. The minimum atomic E-state index is -3.72. The number of hydrogen-bond acceptors (Lipinski definition) is 5. The van der Waals surface area contributed by atoms with Crippen molar-refractivity contribution in [3.05, 3.63) is 119 Å². The number of aromatic nitrogens is 2. The lowest BCUT2D eigenvalue weighted by Gasteiger charge is -2.22. The van der Waals surface area contributed by atoms with E-state index in [9.17, 15) is 13.2 Å². The lowest BCUT2D eigenvalue weighted by Crippen LogP contribution is -2.31. The van der Waals surface area contributed by atoms with Gasteiger partial charge in [0.05, 0.1) is 35.6 Å². The molecule has 4 aromatic rings. The van der Waals surface area contributed by atoms with E-state index in [1.807, 2.05) is 60.0 Å². The van der Waals surface area contributed by atoms with Crippen LogP contribution in [0.2, 0.25) is 0 Å².